The van der Waals surface area contributed by atoms with E-state index in [0.29, 0.717) is 12.6 Å². The number of rotatable bonds is 9. The second-order valence-electron chi connectivity index (χ2n) is 7.01. The molecule has 1 unspecified atom stereocenters. The maximum atomic E-state index is 6.12. The first kappa shape index (κ1) is 19.2. The molecule has 0 aromatic heterocycles. The molecule has 0 saturated heterocycles. The van der Waals surface area contributed by atoms with Crippen LogP contribution < -0.4 is 10.1 Å². The predicted molar refractivity (Wildman–Crippen MR) is 113 cm³/mol. The number of hydrogen-bond donors (Lipinski definition) is 1. The van der Waals surface area contributed by atoms with Crippen LogP contribution in [-0.2, 0) is 13.2 Å². The van der Waals surface area contributed by atoms with Gasteiger partial charge in [-0.3, -0.25) is 0 Å². The van der Waals surface area contributed by atoms with Gasteiger partial charge in [0.2, 0.25) is 0 Å². The molecule has 0 aliphatic carbocycles. The summed E-state index contributed by atoms with van der Waals surface area (Å²) in [5, 5.41) is 3.72. The second-order valence-corrected chi connectivity index (χ2v) is 7.01. The van der Waals surface area contributed by atoms with Crippen molar-refractivity contribution in [2.75, 3.05) is 0 Å². The van der Waals surface area contributed by atoms with E-state index in [1.54, 1.807) is 0 Å². The first-order valence-corrected chi connectivity index (χ1v) is 9.81. The van der Waals surface area contributed by atoms with Gasteiger partial charge in [0.05, 0.1) is 0 Å². The van der Waals surface area contributed by atoms with Crippen LogP contribution in [0.15, 0.2) is 78.9 Å². The summed E-state index contributed by atoms with van der Waals surface area (Å²) in [6, 6.07) is 27.9. The van der Waals surface area contributed by atoms with Gasteiger partial charge in [0, 0.05) is 18.2 Å². The minimum atomic E-state index is 0.362. The van der Waals surface area contributed by atoms with Crippen LogP contribution in [0.4, 0.5) is 0 Å². The Kier molecular flexibility index (Phi) is 7.06. The van der Waals surface area contributed by atoms with Gasteiger partial charge in [-0.25, -0.2) is 0 Å². The van der Waals surface area contributed by atoms with E-state index in [9.17, 15) is 0 Å². The first-order chi connectivity index (χ1) is 13.3. The van der Waals surface area contributed by atoms with Crippen molar-refractivity contribution in [3.8, 4) is 5.75 Å². The molecular formula is C25H29NO. The monoisotopic (exact) mass is 359 g/mol. The van der Waals surface area contributed by atoms with Gasteiger partial charge < -0.3 is 10.1 Å². The zero-order valence-corrected chi connectivity index (χ0v) is 16.3. The summed E-state index contributed by atoms with van der Waals surface area (Å²) in [5.74, 6) is 0.953. The van der Waals surface area contributed by atoms with Crippen LogP contribution in [0.5, 0.6) is 5.75 Å². The SMILES string of the molecule is CCCC(NCc1ccccc1OCc1ccc(C)cc1)c1ccccc1. The number of ether oxygens (including phenoxy) is 1. The highest BCUT2D eigenvalue weighted by Gasteiger charge is 2.11. The molecule has 140 valence electrons. The molecule has 0 amide bonds. The van der Waals surface area contributed by atoms with E-state index in [-0.39, 0.29) is 0 Å². The van der Waals surface area contributed by atoms with E-state index in [1.807, 2.05) is 6.07 Å². The quantitative estimate of drug-likeness (QED) is 0.491. The molecule has 2 nitrogen and oxygen atoms in total. The third kappa shape index (κ3) is 5.70. The largest absolute Gasteiger partial charge is 0.489 e. The Labute approximate surface area is 163 Å². The van der Waals surface area contributed by atoms with Crippen molar-refractivity contribution in [2.45, 2.75) is 45.9 Å². The summed E-state index contributed by atoms with van der Waals surface area (Å²) in [6.07, 6.45) is 2.27. The van der Waals surface area contributed by atoms with Crippen molar-refractivity contribution in [3.05, 3.63) is 101 Å². The molecule has 0 aliphatic heterocycles. The normalized spacial score (nSPS) is 11.9. The van der Waals surface area contributed by atoms with Crippen molar-refractivity contribution in [3.63, 3.8) is 0 Å². The highest BCUT2D eigenvalue weighted by atomic mass is 16.5. The summed E-state index contributed by atoms with van der Waals surface area (Å²) in [6.45, 7) is 5.72. The van der Waals surface area contributed by atoms with E-state index in [0.717, 1.165) is 25.1 Å². The zero-order valence-electron chi connectivity index (χ0n) is 16.3. The topological polar surface area (TPSA) is 21.3 Å². The van der Waals surface area contributed by atoms with Gasteiger partial charge in [-0.1, -0.05) is 91.7 Å². The molecule has 0 heterocycles. The van der Waals surface area contributed by atoms with E-state index in [1.165, 1.54) is 22.3 Å². The number of para-hydroxylation sites is 1. The Hall–Kier alpha value is -2.58. The molecule has 3 aromatic rings. The molecule has 0 fully saturated rings. The third-order valence-corrected chi connectivity index (χ3v) is 4.81. The van der Waals surface area contributed by atoms with Crippen molar-refractivity contribution in [2.24, 2.45) is 0 Å². The molecular weight excluding hydrogens is 330 g/mol. The highest BCUT2D eigenvalue weighted by Crippen LogP contribution is 2.23. The van der Waals surface area contributed by atoms with Gasteiger partial charge in [-0.15, -0.1) is 0 Å². The van der Waals surface area contributed by atoms with Gasteiger partial charge >= 0.3 is 0 Å². The first-order valence-electron chi connectivity index (χ1n) is 9.81. The fraction of sp³-hybridized carbons (Fsp3) is 0.280. The second kappa shape index (κ2) is 9.94. The number of aryl methyl sites for hydroxylation is 1. The summed E-state index contributed by atoms with van der Waals surface area (Å²) in [5.41, 5.74) is 5.00. The highest BCUT2D eigenvalue weighted by molar-refractivity contribution is 5.34. The molecule has 3 aromatic carbocycles. The predicted octanol–water partition coefficient (Wildman–Crippen LogP) is 6.21. The maximum Gasteiger partial charge on any atom is 0.124 e. The molecule has 0 bridgehead atoms. The Balaban J connectivity index is 1.65. The van der Waals surface area contributed by atoms with Crippen LogP contribution in [0.1, 0.15) is 48.1 Å². The van der Waals surface area contributed by atoms with Gasteiger partial charge in [0.15, 0.2) is 0 Å². The zero-order chi connectivity index (χ0) is 18.9. The minimum Gasteiger partial charge on any atom is -0.489 e. The van der Waals surface area contributed by atoms with Crippen molar-refractivity contribution >= 4 is 0 Å². The maximum absolute atomic E-state index is 6.12. The van der Waals surface area contributed by atoms with Crippen LogP contribution in [-0.4, -0.2) is 0 Å². The lowest BCUT2D eigenvalue weighted by molar-refractivity contribution is 0.301. The van der Waals surface area contributed by atoms with Gasteiger partial charge in [0.1, 0.15) is 12.4 Å². The fourth-order valence-corrected chi connectivity index (χ4v) is 3.23. The van der Waals surface area contributed by atoms with Gasteiger partial charge in [-0.05, 0) is 30.5 Å². The smallest absolute Gasteiger partial charge is 0.124 e. The molecule has 27 heavy (non-hydrogen) atoms. The number of hydrogen-bond acceptors (Lipinski definition) is 2. The van der Waals surface area contributed by atoms with Gasteiger partial charge in [0.25, 0.3) is 0 Å². The molecule has 3 rings (SSSR count). The molecule has 1 N–H and O–H groups in total. The average Bonchev–Trinajstić information content (AvgIpc) is 2.72. The molecule has 0 radical (unpaired) electrons. The van der Waals surface area contributed by atoms with Crippen molar-refractivity contribution < 1.29 is 4.74 Å². The molecule has 0 saturated carbocycles. The minimum absolute atomic E-state index is 0.362. The molecule has 0 spiro atoms. The Morgan fingerprint density at radius 1 is 0.852 bits per heavy atom. The third-order valence-electron chi connectivity index (χ3n) is 4.81. The summed E-state index contributed by atoms with van der Waals surface area (Å²) in [4.78, 5) is 0. The fourth-order valence-electron chi connectivity index (χ4n) is 3.23. The van der Waals surface area contributed by atoms with E-state index < -0.39 is 0 Å². The number of benzene rings is 3. The van der Waals surface area contributed by atoms with E-state index in [4.69, 9.17) is 4.74 Å². The van der Waals surface area contributed by atoms with Crippen LogP contribution >= 0.6 is 0 Å². The van der Waals surface area contributed by atoms with Crippen LogP contribution in [0.2, 0.25) is 0 Å². The average molecular weight is 360 g/mol. The van der Waals surface area contributed by atoms with E-state index in [2.05, 4.69) is 92.0 Å². The lowest BCUT2D eigenvalue weighted by Gasteiger charge is -2.20. The lowest BCUT2D eigenvalue weighted by atomic mass is 10.0. The van der Waals surface area contributed by atoms with Crippen molar-refractivity contribution in [1.82, 2.24) is 5.32 Å². The molecule has 2 heteroatoms. The Morgan fingerprint density at radius 2 is 1.56 bits per heavy atom. The van der Waals surface area contributed by atoms with E-state index >= 15 is 0 Å². The Morgan fingerprint density at radius 3 is 2.30 bits per heavy atom. The van der Waals surface area contributed by atoms with Crippen molar-refractivity contribution in [1.29, 1.82) is 0 Å². The standard InChI is InChI=1S/C25H29NO/c1-3-9-24(22-10-5-4-6-11-22)26-18-23-12-7-8-13-25(23)27-19-21-16-14-20(2)15-17-21/h4-8,10-17,24,26H,3,9,18-19H2,1-2H3. The molecule has 1 atom stereocenters. The summed E-state index contributed by atoms with van der Waals surface area (Å²) < 4.78 is 6.12. The Bertz CT molecular complexity index is 811. The summed E-state index contributed by atoms with van der Waals surface area (Å²) in [7, 11) is 0. The molecule has 0 aliphatic rings. The summed E-state index contributed by atoms with van der Waals surface area (Å²) >= 11 is 0. The number of nitrogens with one attached hydrogen (secondary N) is 1. The van der Waals surface area contributed by atoms with Crippen LogP contribution in [0.3, 0.4) is 0 Å². The van der Waals surface area contributed by atoms with Gasteiger partial charge in [-0.2, -0.15) is 0 Å². The van der Waals surface area contributed by atoms with Crippen LogP contribution in [0.25, 0.3) is 0 Å². The lowest BCUT2D eigenvalue weighted by Crippen LogP contribution is -2.21. The van der Waals surface area contributed by atoms with Crippen LogP contribution in [0, 0.1) is 6.92 Å².